The fourth-order valence-corrected chi connectivity index (χ4v) is 18.3. The highest BCUT2D eigenvalue weighted by atomic mass is 32.2. The minimum absolute atomic E-state index is 0.0834. The lowest BCUT2D eigenvalue weighted by Gasteiger charge is -2.33. The summed E-state index contributed by atoms with van der Waals surface area (Å²) < 4.78 is 12.5. The molecule has 0 N–H and O–H groups in total. The smallest absolute Gasteiger partial charge is 0.309 e. The van der Waals surface area contributed by atoms with E-state index in [-0.39, 0.29) is 5.27 Å². The molecule has 398 valence electrons. The SMILES string of the molecule is c1ccc(-n2c3ccccc3c3c2ccc2c4ccccc4n(-c4ccc5c(c4)SB4Sc6cc(-n7c8ccccc8c8ccc9c(c%10ccccc%10n9-c9ccccc9)c87)ccc6-c6cc(-n7c8ccccc8c8ccccc87)cc-5c64)c23)cc1. The maximum atomic E-state index is 2.56. The molecular weight excluding hydrogens is 1080 g/mol. The van der Waals surface area contributed by atoms with E-state index < -0.39 is 0 Å². The Labute approximate surface area is 502 Å². The molecule has 0 saturated carbocycles. The zero-order chi connectivity index (χ0) is 55.9. The molecule has 20 rings (SSSR count). The Bertz CT molecular complexity index is 5620. The van der Waals surface area contributed by atoms with Gasteiger partial charge in [-0.05, 0) is 137 Å². The van der Waals surface area contributed by atoms with Crippen molar-refractivity contribution in [2.24, 2.45) is 0 Å². The van der Waals surface area contributed by atoms with Crippen LogP contribution in [0.15, 0.2) is 289 Å². The third kappa shape index (κ3) is 6.33. The first-order chi connectivity index (χ1) is 42.7. The highest BCUT2D eigenvalue weighted by molar-refractivity contribution is 8.56. The maximum Gasteiger partial charge on any atom is 0.318 e. The Balaban J connectivity index is 0.827. The van der Waals surface area contributed by atoms with Gasteiger partial charge in [0.05, 0.1) is 55.2 Å². The van der Waals surface area contributed by atoms with E-state index in [9.17, 15) is 0 Å². The summed E-state index contributed by atoms with van der Waals surface area (Å²) in [5.74, 6) is 0. The fraction of sp³-hybridized carbons (Fsp3) is 0. The molecule has 0 unspecified atom stereocenters. The maximum absolute atomic E-state index is 2.56. The van der Waals surface area contributed by atoms with Gasteiger partial charge in [-0.25, -0.2) is 0 Å². The monoisotopic (exact) mass is 1130 g/mol. The molecule has 0 atom stereocenters. The summed E-state index contributed by atoms with van der Waals surface area (Å²) in [5.41, 5.74) is 24.4. The average Bonchev–Trinajstić information content (AvgIpc) is 1.58. The highest BCUT2D eigenvalue weighted by Gasteiger charge is 2.38. The van der Waals surface area contributed by atoms with Crippen molar-refractivity contribution in [1.29, 1.82) is 0 Å². The van der Waals surface area contributed by atoms with Crippen molar-refractivity contribution in [1.82, 2.24) is 22.8 Å². The van der Waals surface area contributed by atoms with Crippen molar-refractivity contribution in [3.63, 3.8) is 0 Å². The number of fused-ring (bicyclic) bond motifs is 21. The predicted octanol–water partition coefficient (Wildman–Crippen LogP) is 20.4. The van der Waals surface area contributed by atoms with Crippen LogP contribution in [0.1, 0.15) is 0 Å². The summed E-state index contributed by atoms with van der Waals surface area (Å²) in [6, 6.07) is 104. The molecular formula is C78H46BN5S2. The molecule has 5 nitrogen and oxygen atoms in total. The van der Waals surface area contributed by atoms with Gasteiger partial charge in [0.1, 0.15) is 0 Å². The lowest BCUT2D eigenvalue weighted by atomic mass is 9.77. The highest BCUT2D eigenvalue weighted by Crippen LogP contribution is 2.53. The molecule has 13 aromatic carbocycles. The Morgan fingerprint density at radius 3 is 0.977 bits per heavy atom. The third-order valence-electron chi connectivity index (χ3n) is 18.7. The van der Waals surface area contributed by atoms with Crippen LogP contribution in [-0.4, -0.2) is 28.1 Å². The molecule has 2 aliphatic heterocycles. The van der Waals surface area contributed by atoms with Crippen molar-refractivity contribution in [3.8, 4) is 50.7 Å². The fourth-order valence-electron chi connectivity index (χ4n) is 15.2. The van der Waals surface area contributed by atoms with Crippen LogP contribution in [-0.2, 0) is 0 Å². The predicted molar refractivity (Wildman–Crippen MR) is 366 cm³/mol. The zero-order valence-corrected chi connectivity index (χ0v) is 47.8. The minimum Gasteiger partial charge on any atom is -0.309 e. The van der Waals surface area contributed by atoms with Gasteiger partial charge in [-0.3, -0.25) is 0 Å². The average molecular weight is 1130 g/mol. The summed E-state index contributed by atoms with van der Waals surface area (Å²) in [7, 11) is 0. The lowest BCUT2D eigenvalue weighted by molar-refractivity contribution is 1.16. The van der Waals surface area contributed by atoms with Gasteiger partial charge in [-0.1, -0.05) is 170 Å². The van der Waals surface area contributed by atoms with E-state index in [0.717, 1.165) is 28.4 Å². The molecule has 0 bridgehead atoms. The standard InChI is InChI=1S/C78H46BN5S2/c1-3-19-47(20-4-1)80-68-33-17-11-27-60(68)74-70(80)41-39-58-54-25-9-15-31-66(54)83(77(58)74)49-35-37-56-62-43-51(82-64-29-13-7-23-52(64)53-24-8-14-30-65(53)82)44-63-57-38-36-50(46-73(57)86-79(76(62)63)85-72(56)45-49)84-67-32-16-10-26-55(67)59-40-42-71-75(78(59)84)61-28-12-18-34-69(61)81(71)48-21-5-2-6-22-48/h1-46H. The van der Waals surface area contributed by atoms with E-state index >= 15 is 0 Å². The molecule has 18 aromatic rings. The molecule has 0 aliphatic carbocycles. The van der Waals surface area contributed by atoms with Crippen LogP contribution in [0.2, 0.25) is 0 Å². The van der Waals surface area contributed by atoms with E-state index in [0.29, 0.717) is 0 Å². The first-order valence-electron chi connectivity index (χ1n) is 29.5. The molecule has 7 heterocycles. The van der Waals surface area contributed by atoms with Crippen molar-refractivity contribution in [2.45, 2.75) is 9.79 Å². The molecule has 0 amide bonds. The van der Waals surface area contributed by atoms with Crippen LogP contribution in [0.4, 0.5) is 0 Å². The molecule has 2 aliphatic rings. The zero-order valence-electron chi connectivity index (χ0n) is 46.2. The first-order valence-corrected chi connectivity index (χ1v) is 31.3. The molecule has 0 radical (unpaired) electrons. The minimum atomic E-state index is 0.0834. The number of aromatic nitrogens is 5. The second kappa shape index (κ2) is 17.6. The second-order valence-corrected chi connectivity index (χ2v) is 25.6. The quantitative estimate of drug-likeness (QED) is 0.160. The molecule has 8 heteroatoms. The van der Waals surface area contributed by atoms with E-state index in [1.165, 1.54) is 147 Å². The number of hydrogen-bond acceptors (Lipinski definition) is 2. The Hall–Kier alpha value is -10.4. The topological polar surface area (TPSA) is 24.6 Å². The Kier molecular flexibility index (Phi) is 9.62. The molecule has 86 heavy (non-hydrogen) atoms. The van der Waals surface area contributed by atoms with Crippen LogP contribution < -0.4 is 5.46 Å². The molecule has 0 spiro atoms. The van der Waals surface area contributed by atoms with Gasteiger partial charge >= 0.3 is 5.27 Å². The van der Waals surface area contributed by atoms with Crippen LogP contribution in [0.3, 0.4) is 0 Å². The number of benzene rings is 13. The van der Waals surface area contributed by atoms with Crippen LogP contribution in [0.25, 0.3) is 160 Å². The molecule has 5 aromatic heterocycles. The van der Waals surface area contributed by atoms with E-state index in [4.69, 9.17) is 0 Å². The van der Waals surface area contributed by atoms with Gasteiger partial charge < -0.3 is 22.8 Å². The Morgan fingerprint density at radius 2 is 0.558 bits per heavy atom. The molecule has 0 saturated heterocycles. The number of hydrogen-bond donors (Lipinski definition) is 0. The summed E-state index contributed by atoms with van der Waals surface area (Å²) in [5, 5.41) is 12.6. The third-order valence-corrected chi connectivity index (χ3v) is 21.4. The number of para-hydroxylation sites is 8. The van der Waals surface area contributed by atoms with Crippen molar-refractivity contribution in [3.05, 3.63) is 279 Å². The van der Waals surface area contributed by atoms with Gasteiger partial charge in [0, 0.05) is 92.1 Å². The van der Waals surface area contributed by atoms with Crippen molar-refractivity contribution in [2.75, 3.05) is 0 Å². The van der Waals surface area contributed by atoms with Crippen molar-refractivity contribution < 1.29 is 0 Å². The lowest BCUT2D eigenvalue weighted by Crippen LogP contribution is -2.34. The van der Waals surface area contributed by atoms with Crippen LogP contribution >= 0.6 is 23.2 Å². The van der Waals surface area contributed by atoms with Gasteiger partial charge in [0.2, 0.25) is 0 Å². The van der Waals surface area contributed by atoms with Gasteiger partial charge in [-0.2, -0.15) is 23.2 Å². The van der Waals surface area contributed by atoms with Crippen LogP contribution in [0.5, 0.6) is 0 Å². The van der Waals surface area contributed by atoms with Gasteiger partial charge in [-0.15, -0.1) is 0 Å². The van der Waals surface area contributed by atoms with E-state index in [1.807, 2.05) is 23.2 Å². The van der Waals surface area contributed by atoms with Crippen LogP contribution in [0, 0.1) is 0 Å². The second-order valence-electron chi connectivity index (χ2n) is 23.0. The number of rotatable bonds is 5. The summed E-state index contributed by atoms with van der Waals surface area (Å²) >= 11 is 4.02. The van der Waals surface area contributed by atoms with E-state index in [2.05, 4.69) is 302 Å². The summed E-state index contributed by atoms with van der Waals surface area (Å²) in [4.78, 5) is 2.56. The first kappa shape index (κ1) is 47.0. The van der Waals surface area contributed by atoms with Gasteiger partial charge in [0.25, 0.3) is 0 Å². The summed E-state index contributed by atoms with van der Waals surface area (Å²) in [6.07, 6.45) is 0. The largest absolute Gasteiger partial charge is 0.318 e. The molecule has 0 fully saturated rings. The number of nitrogens with zero attached hydrogens (tertiary/aromatic N) is 5. The normalized spacial score (nSPS) is 13.0. The summed E-state index contributed by atoms with van der Waals surface area (Å²) in [6.45, 7) is 0. The van der Waals surface area contributed by atoms with E-state index in [1.54, 1.807) is 0 Å². The van der Waals surface area contributed by atoms with Crippen molar-refractivity contribution >= 4 is 143 Å². The Morgan fingerprint density at radius 1 is 0.221 bits per heavy atom. The van der Waals surface area contributed by atoms with Gasteiger partial charge in [0.15, 0.2) is 0 Å².